The fourth-order valence-corrected chi connectivity index (χ4v) is 2.64. The SMILES string of the molecule is Clc1ccc(COc2ccccc2CNCc2ccco2)cc1Cl. The summed E-state index contributed by atoms with van der Waals surface area (Å²) in [6, 6.07) is 17.3. The van der Waals surface area contributed by atoms with Crippen LogP contribution in [-0.4, -0.2) is 0 Å². The van der Waals surface area contributed by atoms with Crippen molar-refractivity contribution in [3.63, 3.8) is 0 Å². The number of hydrogen-bond donors (Lipinski definition) is 1. The van der Waals surface area contributed by atoms with Crippen LogP contribution < -0.4 is 10.1 Å². The molecule has 124 valence electrons. The predicted octanol–water partition coefficient (Wildman–Crippen LogP) is 5.46. The van der Waals surface area contributed by atoms with Crippen LogP contribution in [0.2, 0.25) is 10.0 Å². The predicted molar refractivity (Wildman–Crippen MR) is 96.5 cm³/mol. The van der Waals surface area contributed by atoms with E-state index in [0.717, 1.165) is 22.6 Å². The lowest BCUT2D eigenvalue weighted by atomic mass is 10.2. The second-order valence-corrected chi connectivity index (χ2v) is 6.14. The molecule has 2 aromatic carbocycles. The number of furan rings is 1. The first-order chi connectivity index (χ1) is 11.7. The molecule has 0 spiro atoms. The highest BCUT2D eigenvalue weighted by Crippen LogP contribution is 2.24. The topological polar surface area (TPSA) is 34.4 Å². The highest BCUT2D eigenvalue weighted by molar-refractivity contribution is 6.42. The van der Waals surface area contributed by atoms with Gasteiger partial charge < -0.3 is 14.5 Å². The van der Waals surface area contributed by atoms with Crippen molar-refractivity contribution in [1.29, 1.82) is 0 Å². The van der Waals surface area contributed by atoms with Gasteiger partial charge in [-0.2, -0.15) is 0 Å². The average Bonchev–Trinajstić information content (AvgIpc) is 3.10. The van der Waals surface area contributed by atoms with Crippen molar-refractivity contribution in [2.45, 2.75) is 19.7 Å². The monoisotopic (exact) mass is 361 g/mol. The smallest absolute Gasteiger partial charge is 0.124 e. The summed E-state index contributed by atoms with van der Waals surface area (Å²) in [7, 11) is 0. The van der Waals surface area contributed by atoms with E-state index in [0.29, 0.717) is 29.7 Å². The maximum atomic E-state index is 6.04. The molecule has 24 heavy (non-hydrogen) atoms. The Morgan fingerprint density at radius 1 is 0.917 bits per heavy atom. The minimum absolute atomic E-state index is 0.437. The number of nitrogens with one attached hydrogen (secondary N) is 1. The van der Waals surface area contributed by atoms with Crippen molar-refractivity contribution >= 4 is 23.2 Å². The number of ether oxygens (including phenoxy) is 1. The molecule has 0 aliphatic rings. The molecule has 0 bridgehead atoms. The highest BCUT2D eigenvalue weighted by Gasteiger charge is 2.05. The summed E-state index contributed by atoms with van der Waals surface area (Å²) in [6.07, 6.45) is 1.67. The summed E-state index contributed by atoms with van der Waals surface area (Å²) in [6.45, 7) is 1.80. The molecule has 1 aromatic heterocycles. The lowest BCUT2D eigenvalue weighted by Gasteiger charge is -2.12. The molecule has 3 rings (SSSR count). The molecule has 0 saturated heterocycles. The number of benzene rings is 2. The summed E-state index contributed by atoms with van der Waals surface area (Å²) >= 11 is 12.0. The number of rotatable bonds is 7. The molecule has 0 atom stereocenters. The quantitative estimate of drug-likeness (QED) is 0.606. The number of para-hydroxylation sites is 1. The maximum Gasteiger partial charge on any atom is 0.124 e. The lowest BCUT2D eigenvalue weighted by Crippen LogP contribution is -2.13. The van der Waals surface area contributed by atoms with Gasteiger partial charge in [-0.1, -0.05) is 47.5 Å². The summed E-state index contributed by atoms with van der Waals surface area (Å²) in [5.41, 5.74) is 2.06. The minimum atomic E-state index is 0.437. The largest absolute Gasteiger partial charge is 0.489 e. The van der Waals surface area contributed by atoms with Gasteiger partial charge in [0.1, 0.15) is 18.1 Å². The van der Waals surface area contributed by atoms with Crippen LogP contribution in [0.4, 0.5) is 0 Å². The Bertz CT molecular complexity index is 788. The molecule has 0 saturated carbocycles. The van der Waals surface area contributed by atoms with E-state index in [1.165, 1.54) is 0 Å². The standard InChI is InChI=1S/C19H17Cl2NO2/c20-17-8-7-14(10-18(17)21)13-24-19-6-2-1-4-15(19)11-22-12-16-5-3-9-23-16/h1-10,22H,11-13H2. The second-order valence-electron chi connectivity index (χ2n) is 5.33. The molecule has 5 heteroatoms. The van der Waals surface area contributed by atoms with E-state index in [1.54, 1.807) is 12.3 Å². The number of halogens is 2. The third-order valence-electron chi connectivity index (χ3n) is 3.55. The fraction of sp³-hybridized carbons (Fsp3) is 0.158. The normalized spacial score (nSPS) is 10.8. The van der Waals surface area contributed by atoms with Crippen LogP contribution in [0.1, 0.15) is 16.9 Å². The van der Waals surface area contributed by atoms with Crippen molar-refractivity contribution < 1.29 is 9.15 Å². The Morgan fingerprint density at radius 2 is 1.79 bits per heavy atom. The van der Waals surface area contributed by atoms with Crippen LogP contribution in [0.5, 0.6) is 5.75 Å². The molecule has 0 unspecified atom stereocenters. The average molecular weight is 362 g/mol. The zero-order valence-corrected chi connectivity index (χ0v) is 14.5. The molecular weight excluding hydrogens is 345 g/mol. The zero-order chi connectivity index (χ0) is 16.8. The van der Waals surface area contributed by atoms with E-state index < -0.39 is 0 Å². The summed E-state index contributed by atoms with van der Waals surface area (Å²) in [5, 5.41) is 4.42. The first-order valence-electron chi connectivity index (χ1n) is 7.60. The van der Waals surface area contributed by atoms with Crippen molar-refractivity contribution in [3.8, 4) is 5.75 Å². The van der Waals surface area contributed by atoms with Gasteiger partial charge in [0.2, 0.25) is 0 Å². The van der Waals surface area contributed by atoms with Gasteiger partial charge in [0, 0.05) is 12.1 Å². The van der Waals surface area contributed by atoms with Crippen molar-refractivity contribution in [1.82, 2.24) is 5.32 Å². The van der Waals surface area contributed by atoms with Gasteiger partial charge in [0.15, 0.2) is 0 Å². The van der Waals surface area contributed by atoms with E-state index >= 15 is 0 Å². The van der Waals surface area contributed by atoms with E-state index in [1.807, 2.05) is 48.5 Å². The van der Waals surface area contributed by atoms with Crippen LogP contribution in [0, 0.1) is 0 Å². The minimum Gasteiger partial charge on any atom is -0.489 e. The van der Waals surface area contributed by atoms with E-state index in [2.05, 4.69) is 5.32 Å². The molecule has 3 nitrogen and oxygen atoms in total. The van der Waals surface area contributed by atoms with Crippen molar-refractivity contribution in [3.05, 3.63) is 87.8 Å². The lowest BCUT2D eigenvalue weighted by molar-refractivity contribution is 0.302. The molecule has 0 fully saturated rings. The number of hydrogen-bond acceptors (Lipinski definition) is 3. The summed E-state index contributed by atoms with van der Waals surface area (Å²) in [5.74, 6) is 1.75. The van der Waals surface area contributed by atoms with Crippen molar-refractivity contribution in [2.75, 3.05) is 0 Å². The van der Waals surface area contributed by atoms with Gasteiger partial charge in [-0.25, -0.2) is 0 Å². The zero-order valence-electron chi connectivity index (χ0n) is 13.0. The summed E-state index contributed by atoms with van der Waals surface area (Å²) in [4.78, 5) is 0. The van der Waals surface area contributed by atoms with Crippen LogP contribution in [0.25, 0.3) is 0 Å². The molecule has 3 aromatic rings. The summed E-state index contributed by atoms with van der Waals surface area (Å²) < 4.78 is 11.3. The highest BCUT2D eigenvalue weighted by atomic mass is 35.5. The third kappa shape index (κ3) is 4.54. The molecule has 1 N–H and O–H groups in total. The first-order valence-corrected chi connectivity index (χ1v) is 8.36. The molecule has 0 radical (unpaired) electrons. The Labute approximate surface area is 151 Å². The van der Waals surface area contributed by atoms with Crippen LogP contribution in [-0.2, 0) is 19.7 Å². The van der Waals surface area contributed by atoms with Gasteiger partial charge in [0.25, 0.3) is 0 Å². The van der Waals surface area contributed by atoms with Crippen LogP contribution in [0.3, 0.4) is 0 Å². The Kier molecular flexibility index (Phi) is 5.81. The van der Waals surface area contributed by atoms with Gasteiger partial charge in [-0.15, -0.1) is 0 Å². The van der Waals surface area contributed by atoms with Gasteiger partial charge >= 0.3 is 0 Å². The van der Waals surface area contributed by atoms with E-state index in [-0.39, 0.29) is 0 Å². The molecule has 0 aliphatic heterocycles. The Morgan fingerprint density at radius 3 is 2.58 bits per heavy atom. The second kappa shape index (κ2) is 8.25. The molecular formula is C19H17Cl2NO2. The maximum absolute atomic E-state index is 6.04. The van der Waals surface area contributed by atoms with Crippen LogP contribution in [0.15, 0.2) is 65.3 Å². The molecule has 0 aliphatic carbocycles. The Balaban J connectivity index is 1.59. The van der Waals surface area contributed by atoms with Gasteiger partial charge in [0.05, 0.1) is 22.9 Å². The van der Waals surface area contributed by atoms with Gasteiger partial charge in [-0.05, 0) is 35.9 Å². The van der Waals surface area contributed by atoms with Gasteiger partial charge in [-0.3, -0.25) is 0 Å². The van der Waals surface area contributed by atoms with Crippen molar-refractivity contribution in [2.24, 2.45) is 0 Å². The molecule has 0 amide bonds. The van der Waals surface area contributed by atoms with E-state index in [4.69, 9.17) is 32.4 Å². The first kappa shape index (κ1) is 16.9. The molecule has 1 heterocycles. The fourth-order valence-electron chi connectivity index (χ4n) is 2.31. The Hall–Kier alpha value is -1.94. The van der Waals surface area contributed by atoms with E-state index in [9.17, 15) is 0 Å². The van der Waals surface area contributed by atoms with Crippen LogP contribution >= 0.6 is 23.2 Å². The third-order valence-corrected chi connectivity index (χ3v) is 4.28.